The van der Waals surface area contributed by atoms with Crippen LogP contribution in [-0.2, 0) is 10.2 Å². The fraction of sp³-hybridized carbons (Fsp3) is 1.00. The molecule has 6 nitrogen and oxygen atoms in total. The van der Waals surface area contributed by atoms with Gasteiger partial charge in [-0.25, -0.2) is 4.72 Å². The van der Waals surface area contributed by atoms with Gasteiger partial charge < -0.3 is 4.90 Å². The average Bonchev–Trinajstić information content (AvgIpc) is 2.92. The minimum Gasteiger partial charge on any atom is -0.301 e. The fourth-order valence-corrected chi connectivity index (χ4v) is 4.79. The van der Waals surface area contributed by atoms with E-state index in [1.807, 2.05) is 6.92 Å². The number of hydrogen-bond donors (Lipinski definition) is 1. The number of piperazine rings is 1. The Kier molecular flexibility index (Phi) is 6.02. The average molecular weight is 318 g/mol. The lowest BCUT2D eigenvalue weighted by atomic mass is 10.2. The Morgan fingerprint density at radius 2 is 1.86 bits per heavy atom. The lowest BCUT2D eigenvalue weighted by molar-refractivity contribution is 0.107. The molecule has 2 atom stereocenters. The summed E-state index contributed by atoms with van der Waals surface area (Å²) in [7, 11) is -3.31. The standard InChI is InChI=1S/C14H30N4O2S/c1-4-16-8-10-17(11-9-16)14(3)12-15-21(19,20)18-7-5-6-13(18)2/h13-15H,4-12H2,1-3H3/t13-,14-/m0/s1. The van der Waals surface area contributed by atoms with Crippen molar-refractivity contribution in [2.45, 2.75) is 45.7 Å². The summed E-state index contributed by atoms with van der Waals surface area (Å²) in [5.74, 6) is 0. The van der Waals surface area contributed by atoms with E-state index < -0.39 is 10.2 Å². The van der Waals surface area contributed by atoms with Gasteiger partial charge in [0.05, 0.1) is 0 Å². The molecule has 0 saturated carbocycles. The van der Waals surface area contributed by atoms with Crippen molar-refractivity contribution >= 4 is 10.2 Å². The van der Waals surface area contributed by atoms with E-state index in [9.17, 15) is 8.42 Å². The van der Waals surface area contributed by atoms with Gasteiger partial charge >= 0.3 is 0 Å². The number of rotatable bonds is 6. The third-order valence-electron chi connectivity index (χ3n) is 4.84. The van der Waals surface area contributed by atoms with E-state index in [2.05, 4.69) is 28.4 Å². The first-order chi connectivity index (χ1) is 9.94. The van der Waals surface area contributed by atoms with E-state index in [1.54, 1.807) is 4.31 Å². The van der Waals surface area contributed by atoms with Gasteiger partial charge in [-0.1, -0.05) is 6.92 Å². The molecule has 21 heavy (non-hydrogen) atoms. The summed E-state index contributed by atoms with van der Waals surface area (Å²) in [6, 6.07) is 0.377. The van der Waals surface area contributed by atoms with Crippen molar-refractivity contribution < 1.29 is 8.42 Å². The Hall–Kier alpha value is -0.210. The summed E-state index contributed by atoms with van der Waals surface area (Å²) < 4.78 is 29.0. The van der Waals surface area contributed by atoms with Gasteiger partial charge in [-0.15, -0.1) is 0 Å². The second kappa shape index (κ2) is 7.37. The Morgan fingerprint density at radius 1 is 1.19 bits per heavy atom. The summed E-state index contributed by atoms with van der Waals surface area (Å²) in [4.78, 5) is 4.81. The van der Waals surface area contributed by atoms with E-state index in [1.165, 1.54) is 0 Å². The molecule has 2 rings (SSSR count). The molecule has 2 aliphatic rings. The van der Waals surface area contributed by atoms with Gasteiger partial charge in [0.25, 0.3) is 10.2 Å². The van der Waals surface area contributed by atoms with Gasteiger partial charge in [0.1, 0.15) is 0 Å². The molecule has 7 heteroatoms. The maximum atomic E-state index is 12.3. The summed E-state index contributed by atoms with van der Waals surface area (Å²) in [5, 5.41) is 0. The molecule has 0 aromatic carbocycles. The second-order valence-electron chi connectivity index (χ2n) is 6.27. The van der Waals surface area contributed by atoms with Crippen molar-refractivity contribution in [1.29, 1.82) is 0 Å². The van der Waals surface area contributed by atoms with Gasteiger partial charge in [-0.3, -0.25) is 4.90 Å². The summed E-state index contributed by atoms with van der Waals surface area (Å²) >= 11 is 0. The molecule has 1 N–H and O–H groups in total. The first kappa shape index (κ1) is 17.1. The molecule has 2 aliphatic heterocycles. The molecular weight excluding hydrogens is 288 g/mol. The molecule has 0 spiro atoms. The van der Waals surface area contributed by atoms with Crippen LogP contribution in [0.3, 0.4) is 0 Å². The number of likely N-dealkylation sites (N-methyl/N-ethyl adjacent to an activating group) is 1. The summed E-state index contributed by atoms with van der Waals surface area (Å²) in [5.41, 5.74) is 0. The van der Waals surface area contributed by atoms with Crippen molar-refractivity contribution in [3.63, 3.8) is 0 Å². The first-order valence-corrected chi connectivity index (χ1v) is 9.61. The maximum absolute atomic E-state index is 12.3. The molecule has 124 valence electrons. The van der Waals surface area contributed by atoms with Crippen LogP contribution in [0.1, 0.15) is 33.6 Å². The molecule has 0 aromatic rings. The zero-order chi connectivity index (χ0) is 15.5. The Bertz CT molecular complexity index is 421. The number of nitrogens with zero attached hydrogens (tertiary/aromatic N) is 3. The van der Waals surface area contributed by atoms with Gasteiger partial charge in [0.15, 0.2) is 0 Å². The third-order valence-corrected chi connectivity index (χ3v) is 6.53. The Balaban J connectivity index is 1.79. The fourth-order valence-electron chi connectivity index (χ4n) is 3.22. The molecule has 0 aromatic heterocycles. The van der Waals surface area contributed by atoms with Crippen molar-refractivity contribution in [3.8, 4) is 0 Å². The van der Waals surface area contributed by atoms with Crippen LogP contribution in [-0.4, -0.2) is 80.4 Å². The van der Waals surface area contributed by atoms with Gasteiger partial charge in [-0.2, -0.15) is 12.7 Å². The van der Waals surface area contributed by atoms with Crippen molar-refractivity contribution in [3.05, 3.63) is 0 Å². The predicted molar refractivity (Wildman–Crippen MR) is 85.5 cm³/mol. The maximum Gasteiger partial charge on any atom is 0.279 e. The van der Waals surface area contributed by atoms with Crippen LogP contribution < -0.4 is 4.72 Å². The van der Waals surface area contributed by atoms with Crippen LogP contribution in [0.4, 0.5) is 0 Å². The summed E-state index contributed by atoms with van der Waals surface area (Å²) in [6.07, 6.45) is 1.94. The van der Waals surface area contributed by atoms with Crippen LogP contribution in [0.25, 0.3) is 0 Å². The van der Waals surface area contributed by atoms with E-state index in [0.717, 1.165) is 45.6 Å². The van der Waals surface area contributed by atoms with Crippen molar-refractivity contribution in [1.82, 2.24) is 18.8 Å². The van der Waals surface area contributed by atoms with Gasteiger partial charge in [0, 0.05) is 51.4 Å². The molecule has 2 saturated heterocycles. The Labute approximate surface area is 129 Å². The Morgan fingerprint density at radius 3 is 2.38 bits per heavy atom. The minimum atomic E-state index is -3.31. The molecule has 0 radical (unpaired) electrons. The van der Waals surface area contributed by atoms with E-state index >= 15 is 0 Å². The van der Waals surface area contributed by atoms with E-state index in [4.69, 9.17) is 0 Å². The van der Waals surface area contributed by atoms with Crippen LogP contribution in [0.2, 0.25) is 0 Å². The molecule has 0 aliphatic carbocycles. The number of hydrogen-bond acceptors (Lipinski definition) is 4. The summed E-state index contributed by atoms with van der Waals surface area (Å²) in [6.45, 7) is 12.7. The van der Waals surface area contributed by atoms with E-state index in [0.29, 0.717) is 13.1 Å². The lowest BCUT2D eigenvalue weighted by Gasteiger charge is -2.37. The third kappa shape index (κ3) is 4.39. The smallest absolute Gasteiger partial charge is 0.279 e. The molecule has 0 unspecified atom stereocenters. The number of nitrogens with one attached hydrogen (secondary N) is 1. The molecule has 2 heterocycles. The first-order valence-electron chi connectivity index (χ1n) is 8.17. The SMILES string of the molecule is CCN1CCN([C@@H](C)CNS(=O)(=O)N2CCC[C@@H]2C)CC1. The van der Waals surface area contributed by atoms with E-state index in [-0.39, 0.29) is 12.1 Å². The zero-order valence-electron chi connectivity index (χ0n) is 13.6. The quantitative estimate of drug-likeness (QED) is 0.767. The van der Waals surface area contributed by atoms with Crippen LogP contribution >= 0.6 is 0 Å². The monoisotopic (exact) mass is 318 g/mol. The van der Waals surface area contributed by atoms with Crippen molar-refractivity contribution in [2.24, 2.45) is 0 Å². The predicted octanol–water partition coefficient (Wildman–Crippen LogP) is 0.331. The highest BCUT2D eigenvalue weighted by Gasteiger charge is 2.31. The highest BCUT2D eigenvalue weighted by molar-refractivity contribution is 7.87. The molecule has 2 fully saturated rings. The second-order valence-corrected chi connectivity index (χ2v) is 7.98. The molecule has 0 amide bonds. The zero-order valence-corrected chi connectivity index (χ0v) is 14.4. The van der Waals surface area contributed by atoms with Crippen LogP contribution in [0, 0.1) is 0 Å². The van der Waals surface area contributed by atoms with Crippen LogP contribution in [0.15, 0.2) is 0 Å². The highest BCUT2D eigenvalue weighted by Crippen LogP contribution is 2.19. The van der Waals surface area contributed by atoms with Crippen molar-refractivity contribution in [2.75, 3.05) is 45.8 Å². The van der Waals surface area contributed by atoms with Crippen LogP contribution in [0.5, 0.6) is 0 Å². The highest BCUT2D eigenvalue weighted by atomic mass is 32.2. The normalized spacial score (nSPS) is 28.0. The largest absolute Gasteiger partial charge is 0.301 e. The van der Waals surface area contributed by atoms with Gasteiger partial charge in [-0.05, 0) is 33.2 Å². The van der Waals surface area contributed by atoms with Gasteiger partial charge in [0.2, 0.25) is 0 Å². The topological polar surface area (TPSA) is 55.9 Å². The molecule has 0 bridgehead atoms. The minimum absolute atomic E-state index is 0.130. The molecular formula is C14H30N4O2S. The lowest BCUT2D eigenvalue weighted by Crippen LogP contribution is -2.53.